The van der Waals surface area contributed by atoms with Crippen LogP contribution in [0.3, 0.4) is 0 Å². The minimum Gasteiger partial charge on any atom is -0.342 e. The number of piperidine rings is 1. The molecule has 6 nitrogen and oxygen atoms in total. The van der Waals surface area contributed by atoms with Crippen LogP contribution in [0.15, 0.2) is 24.4 Å². The van der Waals surface area contributed by atoms with Gasteiger partial charge in [-0.15, -0.1) is 35.0 Å². The van der Waals surface area contributed by atoms with Gasteiger partial charge in [0.05, 0.1) is 0 Å². The number of nitrogens with one attached hydrogen (secondary N) is 1. The number of rotatable bonds is 3. The zero-order chi connectivity index (χ0) is 15.6. The number of likely N-dealkylation sites (tertiary alicyclic amines) is 1. The predicted octanol–water partition coefficient (Wildman–Crippen LogP) is 2.42. The Morgan fingerprint density at radius 3 is 2.88 bits per heavy atom. The summed E-state index contributed by atoms with van der Waals surface area (Å²) in [4.78, 5) is 14.6. The van der Waals surface area contributed by atoms with Gasteiger partial charge >= 0.3 is 0 Å². The van der Waals surface area contributed by atoms with Crippen molar-refractivity contribution < 1.29 is 4.79 Å². The fraction of sp³-hybridized carbons (Fsp3) is 0.588. The molecule has 0 spiro atoms. The van der Waals surface area contributed by atoms with Crippen LogP contribution in [0.5, 0.6) is 0 Å². The summed E-state index contributed by atoms with van der Waals surface area (Å²) < 4.78 is 2.05. The van der Waals surface area contributed by atoms with Crippen LogP contribution in [0.4, 0.5) is 0 Å². The van der Waals surface area contributed by atoms with E-state index >= 15 is 0 Å². The summed E-state index contributed by atoms with van der Waals surface area (Å²) in [5.41, 5.74) is 0.876. The first-order chi connectivity index (χ1) is 11.3. The van der Waals surface area contributed by atoms with Gasteiger partial charge in [0, 0.05) is 37.7 Å². The molecule has 0 aliphatic carbocycles. The molecule has 0 radical (unpaired) electrons. The third-order valence-corrected chi connectivity index (χ3v) is 5.06. The van der Waals surface area contributed by atoms with Crippen molar-refractivity contribution in [1.82, 2.24) is 24.8 Å². The number of pyridine rings is 1. The van der Waals surface area contributed by atoms with Crippen molar-refractivity contribution in [2.45, 2.75) is 44.1 Å². The molecule has 8 heteroatoms. The van der Waals surface area contributed by atoms with Gasteiger partial charge < -0.3 is 10.2 Å². The van der Waals surface area contributed by atoms with Crippen molar-refractivity contribution in [3.05, 3.63) is 30.2 Å². The van der Waals surface area contributed by atoms with Crippen LogP contribution in [0.25, 0.3) is 5.65 Å². The topological polar surface area (TPSA) is 62.5 Å². The molecule has 1 amide bonds. The number of aromatic nitrogens is 3. The van der Waals surface area contributed by atoms with Crippen molar-refractivity contribution >= 4 is 36.4 Å². The average molecular weight is 386 g/mol. The lowest BCUT2D eigenvalue weighted by atomic mass is 9.96. The predicted molar refractivity (Wildman–Crippen MR) is 102 cm³/mol. The molecule has 2 aliphatic rings. The molecular formula is C17H25Cl2N5O. The largest absolute Gasteiger partial charge is 0.342 e. The van der Waals surface area contributed by atoms with Gasteiger partial charge in [0.15, 0.2) is 5.65 Å². The SMILES string of the molecule is Cl.Cl.O=C(CC1CCCN1)N1CCCC(c2nnc3ccccn23)C1. The molecule has 25 heavy (non-hydrogen) atoms. The highest BCUT2D eigenvalue weighted by molar-refractivity contribution is 5.85. The molecule has 0 saturated carbocycles. The van der Waals surface area contributed by atoms with E-state index in [9.17, 15) is 4.79 Å². The van der Waals surface area contributed by atoms with Crippen LogP contribution < -0.4 is 5.32 Å². The fourth-order valence-corrected chi connectivity index (χ4v) is 3.82. The molecular weight excluding hydrogens is 361 g/mol. The molecule has 2 saturated heterocycles. The molecule has 4 heterocycles. The van der Waals surface area contributed by atoms with E-state index in [0.717, 1.165) is 50.4 Å². The Kier molecular flexibility index (Phi) is 7.04. The Bertz CT molecular complexity index is 701. The van der Waals surface area contributed by atoms with Gasteiger partial charge in [0.25, 0.3) is 0 Å². The number of carbonyl (C=O) groups is 1. The van der Waals surface area contributed by atoms with E-state index in [4.69, 9.17) is 0 Å². The number of hydrogen-bond donors (Lipinski definition) is 1. The minimum absolute atomic E-state index is 0. The lowest BCUT2D eigenvalue weighted by Crippen LogP contribution is -2.41. The van der Waals surface area contributed by atoms with Gasteiger partial charge in [0.2, 0.25) is 5.91 Å². The van der Waals surface area contributed by atoms with E-state index in [1.807, 2.05) is 29.3 Å². The van der Waals surface area contributed by atoms with Crippen molar-refractivity contribution in [3.8, 4) is 0 Å². The number of hydrogen-bond acceptors (Lipinski definition) is 4. The van der Waals surface area contributed by atoms with Gasteiger partial charge in [-0.1, -0.05) is 6.07 Å². The normalized spacial score (nSPS) is 23.1. The second-order valence-electron chi connectivity index (χ2n) is 6.66. The standard InChI is InChI=1S/C17H23N5O.2ClH/c23-16(11-14-6-3-8-18-14)21-9-4-5-13(12-21)17-20-19-15-7-1-2-10-22(15)17;;/h1-2,7,10,13-14,18H,3-6,8-9,11-12H2;2*1H. The van der Waals surface area contributed by atoms with Gasteiger partial charge in [-0.3, -0.25) is 9.20 Å². The number of nitrogens with zero attached hydrogens (tertiary/aromatic N) is 4. The Morgan fingerprint density at radius 1 is 1.20 bits per heavy atom. The van der Waals surface area contributed by atoms with E-state index in [2.05, 4.69) is 19.9 Å². The van der Waals surface area contributed by atoms with Gasteiger partial charge in [0.1, 0.15) is 5.82 Å². The van der Waals surface area contributed by atoms with Crippen molar-refractivity contribution in [2.75, 3.05) is 19.6 Å². The van der Waals surface area contributed by atoms with Crippen LogP contribution in [0, 0.1) is 0 Å². The molecule has 2 aromatic heterocycles. The Morgan fingerprint density at radius 2 is 2.08 bits per heavy atom. The summed E-state index contributed by atoms with van der Waals surface area (Å²) in [6.07, 6.45) is 7.06. The molecule has 2 aliphatic heterocycles. The number of carbonyl (C=O) groups excluding carboxylic acids is 1. The second-order valence-corrected chi connectivity index (χ2v) is 6.66. The maximum Gasteiger partial charge on any atom is 0.224 e. The minimum atomic E-state index is 0. The highest BCUT2D eigenvalue weighted by atomic mass is 35.5. The second kappa shape index (κ2) is 8.83. The number of amides is 1. The maximum absolute atomic E-state index is 12.6. The maximum atomic E-state index is 12.6. The first kappa shape index (κ1) is 19.9. The van der Waals surface area contributed by atoms with Crippen molar-refractivity contribution in [3.63, 3.8) is 0 Å². The van der Waals surface area contributed by atoms with Crippen molar-refractivity contribution in [1.29, 1.82) is 0 Å². The van der Waals surface area contributed by atoms with Crippen LogP contribution in [0.1, 0.15) is 43.8 Å². The summed E-state index contributed by atoms with van der Waals surface area (Å²) in [5.74, 6) is 1.54. The number of halogens is 2. The van der Waals surface area contributed by atoms with E-state index in [1.165, 1.54) is 6.42 Å². The third-order valence-electron chi connectivity index (χ3n) is 5.06. The Balaban J connectivity index is 0.00000113. The Labute approximate surface area is 160 Å². The first-order valence-corrected chi connectivity index (χ1v) is 8.62. The molecule has 138 valence electrons. The van der Waals surface area contributed by atoms with E-state index < -0.39 is 0 Å². The molecule has 2 unspecified atom stereocenters. The quantitative estimate of drug-likeness (QED) is 0.880. The molecule has 1 N–H and O–H groups in total. The molecule has 0 bridgehead atoms. The lowest BCUT2D eigenvalue weighted by Gasteiger charge is -2.32. The van der Waals surface area contributed by atoms with Gasteiger partial charge in [-0.2, -0.15) is 0 Å². The molecule has 4 rings (SSSR count). The zero-order valence-electron chi connectivity index (χ0n) is 14.1. The zero-order valence-corrected chi connectivity index (χ0v) is 15.8. The highest BCUT2D eigenvalue weighted by Gasteiger charge is 2.29. The monoisotopic (exact) mass is 385 g/mol. The molecule has 2 atom stereocenters. The average Bonchev–Trinajstić information content (AvgIpc) is 3.24. The Hall–Kier alpha value is -1.37. The van der Waals surface area contributed by atoms with Crippen LogP contribution in [0.2, 0.25) is 0 Å². The molecule has 2 aromatic rings. The van der Waals surface area contributed by atoms with Crippen LogP contribution in [-0.4, -0.2) is 51.1 Å². The van der Waals surface area contributed by atoms with Gasteiger partial charge in [-0.25, -0.2) is 0 Å². The summed E-state index contributed by atoms with van der Waals surface area (Å²) >= 11 is 0. The lowest BCUT2D eigenvalue weighted by molar-refractivity contribution is -0.132. The molecule has 0 aromatic carbocycles. The summed E-state index contributed by atoms with van der Waals surface area (Å²) in [5, 5.41) is 12.0. The van der Waals surface area contributed by atoms with Gasteiger partial charge in [-0.05, 0) is 44.4 Å². The van der Waals surface area contributed by atoms with E-state index in [-0.39, 0.29) is 36.6 Å². The molecule has 2 fully saturated rings. The summed E-state index contributed by atoms with van der Waals surface area (Å²) in [6, 6.07) is 6.31. The fourth-order valence-electron chi connectivity index (χ4n) is 3.82. The van der Waals surface area contributed by atoms with Crippen LogP contribution >= 0.6 is 24.8 Å². The third kappa shape index (κ3) is 4.25. The van der Waals surface area contributed by atoms with Crippen molar-refractivity contribution in [2.24, 2.45) is 0 Å². The first-order valence-electron chi connectivity index (χ1n) is 8.62. The van der Waals surface area contributed by atoms with Crippen LogP contribution in [-0.2, 0) is 4.79 Å². The van der Waals surface area contributed by atoms with E-state index in [1.54, 1.807) is 0 Å². The summed E-state index contributed by atoms with van der Waals surface area (Å²) in [7, 11) is 0. The van der Waals surface area contributed by atoms with E-state index in [0.29, 0.717) is 12.5 Å². The number of fused-ring (bicyclic) bond motifs is 1. The summed E-state index contributed by atoms with van der Waals surface area (Å²) in [6.45, 7) is 2.69. The smallest absolute Gasteiger partial charge is 0.224 e. The highest BCUT2D eigenvalue weighted by Crippen LogP contribution is 2.26.